The van der Waals surface area contributed by atoms with E-state index in [4.69, 9.17) is 0 Å². The molecule has 3 nitrogen and oxygen atoms in total. The molecule has 2 rings (SSSR count). The Morgan fingerprint density at radius 2 is 2.11 bits per heavy atom. The summed E-state index contributed by atoms with van der Waals surface area (Å²) in [6.45, 7) is 7.31. The summed E-state index contributed by atoms with van der Waals surface area (Å²) in [5.41, 5.74) is 4.05. The summed E-state index contributed by atoms with van der Waals surface area (Å²) in [6.07, 6.45) is 6.11. The van der Waals surface area contributed by atoms with Crippen molar-refractivity contribution in [1.82, 2.24) is 14.9 Å². The van der Waals surface area contributed by atoms with E-state index in [0.29, 0.717) is 0 Å². The van der Waals surface area contributed by atoms with Gasteiger partial charge in [-0.2, -0.15) is 0 Å². The number of benzene rings is 1. The highest BCUT2D eigenvalue weighted by Crippen LogP contribution is 2.10. The molecule has 0 fully saturated rings. The fourth-order valence-corrected chi connectivity index (χ4v) is 2.22. The van der Waals surface area contributed by atoms with Gasteiger partial charge in [-0.1, -0.05) is 31.2 Å². The molecule has 0 spiro atoms. The van der Waals surface area contributed by atoms with Gasteiger partial charge in [0.25, 0.3) is 0 Å². The van der Waals surface area contributed by atoms with E-state index >= 15 is 0 Å². The lowest BCUT2D eigenvalue weighted by Gasteiger charge is -2.10. The van der Waals surface area contributed by atoms with Gasteiger partial charge in [0, 0.05) is 19.3 Å². The van der Waals surface area contributed by atoms with E-state index in [0.717, 1.165) is 32.5 Å². The Hall–Kier alpha value is -1.61. The maximum atomic E-state index is 4.26. The van der Waals surface area contributed by atoms with Crippen molar-refractivity contribution < 1.29 is 0 Å². The van der Waals surface area contributed by atoms with Crippen LogP contribution < -0.4 is 5.32 Å². The lowest BCUT2D eigenvalue weighted by molar-refractivity contribution is 0.604. The number of imidazole rings is 1. The zero-order valence-corrected chi connectivity index (χ0v) is 11.9. The van der Waals surface area contributed by atoms with Gasteiger partial charge in [-0.3, -0.25) is 0 Å². The number of nitrogens with zero attached hydrogens (tertiary/aromatic N) is 2. The highest BCUT2D eigenvalue weighted by atomic mass is 15.1. The van der Waals surface area contributed by atoms with Gasteiger partial charge in [0.2, 0.25) is 0 Å². The molecular formula is C16H23N3. The maximum Gasteiger partial charge on any atom is 0.0948 e. The summed E-state index contributed by atoms with van der Waals surface area (Å²) >= 11 is 0. The Labute approximate surface area is 115 Å². The Morgan fingerprint density at radius 3 is 2.89 bits per heavy atom. The van der Waals surface area contributed by atoms with Crippen molar-refractivity contribution in [1.29, 1.82) is 0 Å². The van der Waals surface area contributed by atoms with Crippen molar-refractivity contribution in [3.8, 4) is 0 Å². The van der Waals surface area contributed by atoms with Gasteiger partial charge in [-0.15, -0.1) is 0 Å². The molecule has 1 aromatic carbocycles. The third kappa shape index (κ3) is 3.93. The Morgan fingerprint density at radius 1 is 1.26 bits per heavy atom. The highest BCUT2D eigenvalue weighted by molar-refractivity contribution is 5.25. The van der Waals surface area contributed by atoms with Gasteiger partial charge >= 0.3 is 0 Å². The molecule has 1 heterocycles. The molecule has 3 heteroatoms. The third-order valence-electron chi connectivity index (χ3n) is 3.41. The van der Waals surface area contributed by atoms with E-state index in [2.05, 4.69) is 53.0 Å². The van der Waals surface area contributed by atoms with Crippen molar-refractivity contribution in [2.75, 3.05) is 6.54 Å². The number of aromatic nitrogens is 2. The summed E-state index contributed by atoms with van der Waals surface area (Å²) in [4.78, 5) is 4.26. The van der Waals surface area contributed by atoms with Crippen LogP contribution in [0.25, 0.3) is 0 Å². The number of nitrogens with one attached hydrogen (secondary N) is 1. The molecule has 102 valence electrons. The molecule has 2 aromatic rings. The first kappa shape index (κ1) is 13.8. The summed E-state index contributed by atoms with van der Waals surface area (Å²) in [6, 6.07) is 8.59. The van der Waals surface area contributed by atoms with E-state index in [9.17, 15) is 0 Å². The second-order valence-corrected chi connectivity index (χ2v) is 4.93. The summed E-state index contributed by atoms with van der Waals surface area (Å²) in [7, 11) is 0. The van der Waals surface area contributed by atoms with E-state index in [1.165, 1.54) is 16.8 Å². The van der Waals surface area contributed by atoms with Gasteiger partial charge in [-0.05, 0) is 37.4 Å². The van der Waals surface area contributed by atoms with Crippen LogP contribution in [-0.2, 0) is 19.5 Å². The average molecular weight is 257 g/mol. The van der Waals surface area contributed by atoms with Crippen molar-refractivity contribution in [3.63, 3.8) is 0 Å². The van der Waals surface area contributed by atoms with Gasteiger partial charge in [0.1, 0.15) is 0 Å². The van der Waals surface area contributed by atoms with Crippen molar-refractivity contribution >= 4 is 0 Å². The van der Waals surface area contributed by atoms with E-state index in [-0.39, 0.29) is 0 Å². The zero-order chi connectivity index (χ0) is 13.5. The number of aryl methyl sites for hydroxylation is 3. The molecule has 0 unspecified atom stereocenters. The van der Waals surface area contributed by atoms with Crippen molar-refractivity contribution in [2.45, 2.75) is 39.8 Å². The van der Waals surface area contributed by atoms with Gasteiger partial charge < -0.3 is 9.88 Å². The highest BCUT2D eigenvalue weighted by Gasteiger charge is 2.03. The molecule has 0 bridgehead atoms. The summed E-state index contributed by atoms with van der Waals surface area (Å²) in [5, 5.41) is 3.43. The molecule has 0 aliphatic heterocycles. The number of hydrogen-bond acceptors (Lipinski definition) is 2. The molecule has 0 aliphatic carbocycles. The van der Waals surface area contributed by atoms with E-state index in [1.54, 1.807) is 0 Å². The van der Waals surface area contributed by atoms with Crippen molar-refractivity contribution in [2.24, 2.45) is 0 Å². The summed E-state index contributed by atoms with van der Waals surface area (Å²) < 4.78 is 2.25. The normalized spacial score (nSPS) is 10.8. The lowest BCUT2D eigenvalue weighted by atomic mass is 10.1. The molecule has 0 radical (unpaired) electrons. The SMILES string of the molecule is CCCNCc1cncn1CCc1ccccc1C. The summed E-state index contributed by atoms with van der Waals surface area (Å²) in [5.74, 6) is 0. The number of hydrogen-bond donors (Lipinski definition) is 1. The van der Waals surface area contributed by atoms with Crippen LogP contribution >= 0.6 is 0 Å². The molecule has 1 aromatic heterocycles. The molecule has 1 N–H and O–H groups in total. The fourth-order valence-electron chi connectivity index (χ4n) is 2.22. The molecule has 0 saturated carbocycles. The predicted octanol–water partition coefficient (Wildman–Crippen LogP) is 2.93. The van der Waals surface area contributed by atoms with Crippen LogP contribution in [0.3, 0.4) is 0 Å². The average Bonchev–Trinajstić information content (AvgIpc) is 2.86. The fraction of sp³-hybridized carbons (Fsp3) is 0.438. The Bertz CT molecular complexity index is 502. The first-order valence-electron chi connectivity index (χ1n) is 7.05. The molecular weight excluding hydrogens is 234 g/mol. The van der Waals surface area contributed by atoms with E-state index < -0.39 is 0 Å². The molecule has 0 atom stereocenters. The van der Waals surface area contributed by atoms with Crippen LogP contribution in [0.5, 0.6) is 0 Å². The Balaban J connectivity index is 1.93. The molecule has 19 heavy (non-hydrogen) atoms. The number of rotatable bonds is 7. The van der Waals surface area contributed by atoms with Crippen LogP contribution in [0.1, 0.15) is 30.2 Å². The van der Waals surface area contributed by atoms with Crippen molar-refractivity contribution in [3.05, 3.63) is 53.6 Å². The first-order valence-corrected chi connectivity index (χ1v) is 7.05. The van der Waals surface area contributed by atoms with Crippen LogP contribution in [0.4, 0.5) is 0 Å². The van der Waals surface area contributed by atoms with E-state index in [1.807, 2.05) is 12.5 Å². The van der Waals surface area contributed by atoms with Gasteiger partial charge in [0.15, 0.2) is 0 Å². The first-order chi connectivity index (χ1) is 9.31. The van der Waals surface area contributed by atoms with Crippen LogP contribution in [0, 0.1) is 6.92 Å². The van der Waals surface area contributed by atoms with Gasteiger partial charge in [0.05, 0.1) is 12.0 Å². The monoisotopic (exact) mass is 257 g/mol. The second-order valence-electron chi connectivity index (χ2n) is 4.93. The van der Waals surface area contributed by atoms with Crippen LogP contribution in [0.15, 0.2) is 36.8 Å². The second kappa shape index (κ2) is 7.10. The van der Waals surface area contributed by atoms with Gasteiger partial charge in [-0.25, -0.2) is 4.98 Å². The predicted molar refractivity (Wildman–Crippen MR) is 79.1 cm³/mol. The quantitative estimate of drug-likeness (QED) is 0.773. The maximum absolute atomic E-state index is 4.26. The largest absolute Gasteiger partial charge is 0.333 e. The van der Waals surface area contributed by atoms with Crippen LogP contribution in [0.2, 0.25) is 0 Å². The smallest absolute Gasteiger partial charge is 0.0948 e. The standard InChI is InChI=1S/C16H23N3/c1-3-9-17-11-16-12-18-13-19(16)10-8-15-7-5-4-6-14(15)2/h4-7,12-13,17H,3,8-11H2,1-2H3. The molecule has 0 aliphatic rings. The lowest BCUT2D eigenvalue weighted by Crippen LogP contribution is -2.17. The molecule has 0 amide bonds. The minimum absolute atomic E-state index is 0.904. The minimum atomic E-state index is 0.904. The zero-order valence-electron chi connectivity index (χ0n) is 11.9. The third-order valence-corrected chi connectivity index (χ3v) is 3.41. The topological polar surface area (TPSA) is 29.9 Å². The molecule has 0 saturated heterocycles. The van der Waals surface area contributed by atoms with Crippen LogP contribution in [-0.4, -0.2) is 16.1 Å². The Kier molecular flexibility index (Phi) is 5.16. The minimum Gasteiger partial charge on any atom is -0.333 e.